The van der Waals surface area contributed by atoms with Gasteiger partial charge in [-0.25, -0.2) is 8.98 Å². The lowest BCUT2D eigenvalue weighted by atomic mass is 9.89. The SMILES string of the molecule is CC(=O)/C=C(\C)OCCCCCCn1c(=O)c(C)cn([C@@H]2O[C@H](CO[Si](C)(C)C(C)(C)C)C3(OS(=O)(=O)C=C3N)[C@H]2O[Si](C)(C)C(C)(C)C)c1=O. The van der Waals surface area contributed by atoms with E-state index in [-0.39, 0.29) is 34.7 Å². The summed E-state index contributed by atoms with van der Waals surface area (Å²) in [6.45, 7) is 26.0. The maximum absolute atomic E-state index is 14.3. The zero-order valence-corrected chi connectivity index (χ0v) is 35.7. The van der Waals surface area contributed by atoms with Crippen molar-refractivity contribution in [3.63, 3.8) is 0 Å². The second-order valence-corrected chi connectivity index (χ2v) is 27.9. The van der Waals surface area contributed by atoms with Crippen molar-refractivity contribution in [2.45, 2.75) is 155 Å². The fraction of sp³-hybridized carbons (Fsp3) is 0.743. The highest BCUT2D eigenvalue weighted by Crippen LogP contribution is 2.52. The van der Waals surface area contributed by atoms with E-state index in [2.05, 4.69) is 33.9 Å². The Kier molecular flexibility index (Phi) is 13.1. The lowest BCUT2D eigenvalue weighted by Gasteiger charge is -2.43. The van der Waals surface area contributed by atoms with Crippen molar-refractivity contribution in [3.05, 3.63) is 55.5 Å². The monoisotopic (exact) mass is 771 g/mol. The van der Waals surface area contributed by atoms with Gasteiger partial charge in [0.2, 0.25) is 0 Å². The van der Waals surface area contributed by atoms with E-state index in [0.717, 1.165) is 24.7 Å². The number of allylic oxidation sites excluding steroid dienone is 2. The number of ether oxygens (including phenoxy) is 2. The van der Waals surface area contributed by atoms with Crippen molar-refractivity contribution in [3.8, 4) is 0 Å². The van der Waals surface area contributed by atoms with Gasteiger partial charge in [0.25, 0.3) is 15.7 Å². The van der Waals surface area contributed by atoms with Gasteiger partial charge in [0.1, 0.15) is 12.2 Å². The number of carbonyl (C=O) groups is 1. The standard InChI is InChI=1S/C35H61N3O10SSi2/c1-24-21-38(32(41)37(30(24)40)18-16-14-15-17-19-44-26(3)20-25(2)39)31-29(47-51(12,13)34(7,8)9)35(27(36)23-49(42,43)48-35)28(46-31)22-45-50(10,11)33(4,5)6/h20-21,23,28-29,31H,14-19,22,36H2,1-13H3/b26-20+/t28-,29+,31-,35?/m1/s1. The topological polar surface area (TPSA) is 167 Å². The van der Waals surface area contributed by atoms with Gasteiger partial charge in [-0.2, -0.15) is 8.42 Å². The predicted octanol–water partition coefficient (Wildman–Crippen LogP) is 5.60. The van der Waals surface area contributed by atoms with E-state index >= 15 is 0 Å². The largest absolute Gasteiger partial charge is 0.498 e. The van der Waals surface area contributed by atoms with Crippen LogP contribution in [0.4, 0.5) is 0 Å². The number of aromatic nitrogens is 2. The molecule has 1 fully saturated rings. The molecule has 1 aromatic rings. The second-order valence-electron chi connectivity index (χ2n) is 16.9. The van der Waals surface area contributed by atoms with E-state index in [1.807, 2.05) is 33.9 Å². The van der Waals surface area contributed by atoms with Crippen LogP contribution >= 0.6 is 0 Å². The molecule has 16 heteroatoms. The van der Waals surface area contributed by atoms with E-state index in [1.54, 1.807) is 13.8 Å². The van der Waals surface area contributed by atoms with Crippen LogP contribution < -0.4 is 17.0 Å². The van der Waals surface area contributed by atoms with E-state index in [1.165, 1.54) is 28.3 Å². The lowest BCUT2D eigenvalue weighted by molar-refractivity contribution is -0.112. The Labute approximate surface area is 305 Å². The maximum atomic E-state index is 14.3. The molecule has 1 saturated heterocycles. The fourth-order valence-electron chi connectivity index (χ4n) is 5.64. The summed E-state index contributed by atoms with van der Waals surface area (Å²) in [6, 6.07) is 0. The van der Waals surface area contributed by atoms with Gasteiger partial charge >= 0.3 is 5.69 Å². The van der Waals surface area contributed by atoms with Crippen molar-refractivity contribution in [2.24, 2.45) is 5.73 Å². The Bertz CT molecular complexity index is 1730. The van der Waals surface area contributed by atoms with Crippen LogP contribution in [0.25, 0.3) is 0 Å². The van der Waals surface area contributed by atoms with Crippen LogP contribution in [0, 0.1) is 6.92 Å². The molecule has 2 aliphatic heterocycles. The number of unbranched alkanes of at least 4 members (excludes halogenated alkanes) is 3. The van der Waals surface area contributed by atoms with Crippen LogP contribution in [0.5, 0.6) is 0 Å². The van der Waals surface area contributed by atoms with E-state index in [0.29, 0.717) is 24.4 Å². The molecule has 0 amide bonds. The van der Waals surface area contributed by atoms with Gasteiger partial charge in [0, 0.05) is 24.4 Å². The van der Waals surface area contributed by atoms with Crippen LogP contribution in [0.15, 0.2) is 38.7 Å². The van der Waals surface area contributed by atoms with E-state index < -0.39 is 62.0 Å². The third kappa shape index (κ3) is 9.61. The van der Waals surface area contributed by atoms with Crippen molar-refractivity contribution < 1.29 is 35.7 Å². The number of carbonyl (C=O) groups excluding carboxylic acids is 1. The van der Waals surface area contributed by atoms with Crippen LogP contribution in [-0.4, -0.2) is 71.0 Å². The Morgan fingerprint density at radius 1 is 1.00 bits per heavy atom. The van der Waals surface area contributed by atoms with Crippen molar-refractivity contribution in [1.29, 1.82) is 0 Å². The summed E-state index contributed by atoms with van der Waals surface area (Å²) in [7, 11) is -9.36. The van der Waals surface area contributed by atoms with Crippen LogP contribution in [0.3, 0.4) is 0 Å². The van der Waals surface area contributed by atoms with Crippen LogP contribution in [-0.2, 0) is 44.0 Å². The maximum Gasteiger partial charge on any atom is 0.333 e. The average Bonchev–Trinajstić information content (AvgIpc) is 3.39. The average molecular weight is 772 g/mol. The highest BCUT2D eigenvalue weighted by molar-refractivity contribution is 7.90. The van der Waals surface area contributed by atoms with Gasteiger partial charge < -0.3 is 24.1 Å². The number of aryl methyl sites for hydroxylation is 1. The summed E-state index contributed by atoms with van der Waals surface area (Å²) in [4.78, 5) is 38.8. The summed E-state index contributed by atoms with van der Waals surface area (Å²) in [5.74, 6) is 0.487. The molecule has 0 aliphatic carbocycles. The summed E-state index contributed by atoms with van der Waals surface area (Å²) >= 11 is 0. The smallest absolute Gasteiger partial charge is 0.333 e. The highest BCUT2D eigenvalue weighted by atomic mass is 32.2. The first-order chi connectivity index (χ1) is 23.2. The Morgan fingerprint density at radius 3 is 2.12 bits per heavy atom. The molecule has 3 heterocycles. The molecule has 1 spiro atoms. The molecule has 3 rings (SSSR count). The highest BCUT2D eigenvalue weighted by Gasteiger charge is 2.67. The third-order valence-corrected chi connectivity index (χ3v) is 20.7. The molecule has 0 radical (unpaired) electrons. The molecule has 2 aliphatic rings. The molecule has 13 nitrogen and oxygen atoms in total. The second kappa shape index (κ2) is 15.6. The summed E-state index contributed by atoms with van der Waals surface area (Å²) in [5.41, 5.74) is 3.96. The van der Waals surface area contributed by atoms with Crippen molar-refractivity contribution in [2.75, 3.05) is 13.2 Å². The molecular formula is C35H61N3O10SSi2. The van der Waals surface area contributed by atoms with Gasteiger partial charge in [0.15, 0.2) is 34.2 Å². The van der Waals surface area contributed by atoms with Crippen molar-refractivity contribution in [1.82, 2.24) is 9.13 Å². The van der Waals surface area contributed by atoms with E-state index in [9.17, 15) is 22.8 Å². The molecule has 51 heavy (non-hydrogen) atoms. The van der Waals surface area contributed by atoms with E-state index in [4.69, 9.17) is 28.2 Å². The molecule has 0 saturated carbocycles. The summed E-state index contributed by atoms with van der Waals surface area (Å²) in [5, 5.41) is 0.403. The molecule has 290 valence electrons. The molecule has 4 atom stereocenters. The van der Waals surface area contributed by atoms with Gasteiger partial charge in [-0.3, -0.25) is 18.7 Å². The number of nitrogens with two attached hydrogens (primary N) is 1. The van der Waals surface area contributed by atoms with Gasteiger partial charge in [-0.1, -0.05) is 54.4 Å². The number of hydrogen-bond acceptors (Lipinski definition) is 11. The Hall–Kier alpha value is -2.35. The van der Waals surface area contributed by atoms with Crippen LogP contribution in [0.2, 0.25) is 36.3 Å². The minimum Gasteiger partial charge on any atom is -0.498 e. The Morgan fingerprint density at radius 2 is 1.59 bits per heavy atom. The van der Waals surface area contributed by atoms with Gasteiger partial charge in [0.05, 0.1) is 30.1 Å². The lowest BCUT2D eigenvalue weighted by Crippen LogP contribution is -2.59. The first-order valence-corrected chi connectivity index (χ1v) is 25.0. The minimum atomic E-state index is -4.24. The predicted molar refractivity (Wildman–Crippen MR) is 203 cm³/mol. The first kappa shape index (κ1) is 43.1. The van der Waals surface area contributed by atoms with Crippen LogP contribution in [0.1, 0.15) is 92.9 Å². The molecule has 1 aromatic heterocycles. The molecule has 0 aromatic carbocycles. The third-order valence-electron chi connectivity index (χ3n) is 10.7. The quantitative estimate of drug-likeness (QED) is 0.0776. The van der Waals surface area contributed by atoms with Gasteiger partial charge in [-0.05, 0) is 69.9 Å². The number of rotatable bonds is 15. The normalized spacial score (nSPS) is 24.3. The van der Waals surface area contributed by atoms with Crippen molar-refractivity contribution >= 4 is 32.5 Å². The van der Waals surface area contributed by atoms with Gasteiger partial charge in [-0.15, -0.1) is 0 Å². The summed E-state index contributed by atoms with van der Waals surface area (Å²) < 4.78 is 60.5. The summed E-state index contributed by atoms with van der Waals surface area (Å²) in [6.07, 6.45) is 2.28. The molecule has 0 bridgehead atoms. The molecule has 2 N–H and O–H groups in total. The number of nitrogens with zero attached hydrogens (tertiary/aromatic N) is 2. The molecule has 1 unspecified atom stereocenters. The first-order valence-electron chi connectivity index (χ1n) is 17.7. The zero-order valence-electron chi connectivity index (χ0n) is 32.9. The zero-order chi connectivity index (χ0) is 39.0. The Balaban J connectivity index is 2.04. The molecular weight excluding hydrogens is 711 g/mol. The fourth-order valence-corrected chi connectivity index (χ4v) is 9.15. The number of hydrogen-bond donors (Lipinski definition) is 1. The number of ketones is 1. The minimum absolute atomic E-state index is 0.0600.